The highest BCUT2D eigenvalue weighted by Gasteiger charge is 2.44. The van der Waals surface area contributed by atoms with E-state index in [1.54, 1.807) is 19.1 Å². The highest BCUT2D eigenvalue weighted by atomic mass is 19.2. The number of ether oxygens (including phenoxy) is 1. The third-order valence-corrected chi connectivity index (χ3v) is 4.67. The molecule has 0 bridgehead atoms. The highest BCUT2D eigenvalue weighted by Crippen LogP contribution is 2.45. The molecule has 0 radical (unpaired) electrons. The second-order valence-electron chi connectivity index (χ2n) is 6.04. The fraction of sp³-hybridized carbons (Fsp3) is 0.263. The van der Waals surface area contributed by atoms with Crippen molar-refractivity contribution in [1.29, 1.82) is 0 Å². The Hall–Kier alpha value is -2.63. The first-order valence-electron chi connectivity index (χ1n) is 7.76. The first-order valence-corrected chi connectivity index (χ1v) is 7.76. The predicted molar refractivity (Wildman–Crippen MR) is 86.2 cm³/mol. The van der Waals surface area contributed by atoms with Crippen LogP contribution in [-0.2, 0) is 14.9 Å². The predicted octanol–water partition coefficient (Wildman–Crippen LogP) is 4.10. The van der Waals surface area contributed by atoms with Gasteiger partial charge in [-0.1, -0.05) is 18.2 Å². The Labute approximate surface area is 143 Å². The second-order valence-corrected chi connectivity index (χ2v) is 6.04. The molecule has 2 aromatic rings. The summed E-state index contributed by atoms with van der Waals surface area (Å²) in [5.74, 6) is -3.18. The number of hydrogen-bond acceptors (Lipinski definition) is 3. The van der Waals surface area contributed by atoms with Crippen molar-refractivity contribution in [2.45, 2.75) is 25.2 Å². The van der Waals surface area contributed by atoms with E-state index in [9.17, 15) is 18.0 Å². The number of rotatable bonds is 3. The van der Waals surface area contributed by atoms with E-state index in [4.69, 9.17) is 4.74 Å². The number of carbonyl (C=O) groups excluding carboxylic acids is 1. The quantitative estimate of drug-likeness (QED) is 0.620. The standard InChI is InChI=1S/C19H16F3NO2/c1-11-14(4-3-5-15(11)20)19(18(24)25-2)7-6-12(9-19)13-8-16(21)17(22)23-10-13/h3-5,8-10H,6-7H2,1-2H3/t19-/m0/s1. The number of pyridine rings is 1. The Kier molecular flexibility index (Phi) is 4.37. The van der Waals surface area contributed by atoms with Crippen LogP contribution in [0.1, 0.15) is 29.5 Å². The van der Waals surface area contributed by atoms with Gasteiger partial charge in [0.2, 0.25) is 5.95 Å². The molecule has 130 valence electrons. The Morgan fingerprint density at radius 1 is 1.24 bits per heavy atom. The van der Waals surface area contributed by atoms with Gasteiger partial charge in [-0.3, -0.25) is 4.79 Å². The third-order valence-electron chi connectivity index (χ3n) is 4.67. The highest BCUT2D eigenvalue weighted by molar-refractivity contribution is 5.91. The average Bonchev–Trinajstić information content (AvgIpc) is 3.05. The minimum atomic E-state index is -1.18. The lowest BCUT2D eigenvalue weighted by molar-refractivity contribution is -0.145. The summed E-state index contributed by atoms with van der Waals surface area (Å²) in [6, 6.07) is 5.58. The van der Waals surface area contributed by atoms with Crippen molar-refractivity contribution in [3.63, 3.8) is 0 Å². The lowest BCUT2D eigenvalue weighted by Gasteiger charge is -2.26. The topological polar surface area (TPSA) is 39.2 Å². The fourth-order valence-corrected chi connectivity index (χ4v) is 3.35. The van der Waals surface area contributed by atoms with E-state index in [2.05, 4.69) is 4.98 Å². The molecule has 0 aliphatic heterocycles. The molecule has 0 unspecified atom stereocenters. The van der Waals surface area contributed by atoms with Crippen LogP contribution in [0.2, 0.25) is 0 Å². The van der Waals surface area contributed by atoms with E-state index in [0.717, 1.165) is 6.07 Å². The Balaban J connectivity index is 2.15. The van der Waals surface area contributed by atoms with Crippen molar-refractivity contribution in [2.75, 3.05) is 7.11 Å². The van der Waals surface area contributed by atoms with Crippen LogP contribution in [0, 0.1) is 24.5 Å². The van der Waals surface area contributed by atoms with Gasteiger partial charge in [-0.05, 0) is 54.2 Å². The maximum absolute atomic E-state index is 14.0. The molecule has 0 amide bonds. The fourth-order valence-electron chi connectivity index (χ4n) is 3.35. The molecular formula is C19H16F3NO2. The van der Waals surface area contributed by atoms with E-state index in [-0.39, 0.29) is 0 Å². The summed E-state index contributed by atoms with van der Waals surface area (Å²) in [5, 5.41) is 0. The van der Waals surface area contributed by atoms with Gasteiger partial charge in [-0.15, -0.1) is 0 Å². The molecule has 0 N–H and O–H groups in total. The zero-order valence-corrected chi connectivity index (χ0v) is 13.8. The molecule has 1 aliphatic rings. The van der Waals surface area contributed by atoms with E-state index in [1.807, 2.05) is 0 Å². The SMILES string of the molecule is COC(=O)[C@]1(c2cccc(F)c2C)C=C(c2cnc(F)c(F)c2)CC1. The molecule has 0 saturated carbocycles. The van der Waals surface area contributed by atoms with Gasteiger partial charge in [0.15, 0.2) is 5.82 Å². The minimum absolute atomic E-state index is 0.346. The van der Waals surface area contributed by atoms with Crippen molar-refractivity contribution in [3.8, 4) is 0 Å². The number of allylic oxidation sites excluding steroid dienone is 1. The molecular weight excluding hydrogens is 331 g/mol. The van der Waals surface area contributed by atoms with Crippen LogP contribution in [0.4, 0.5) is 13.2 Å². The lowest BCUT2D eigenvalue weighted by Crippen LogP contribution is -2.34. The average molecular weight is 347 g/mol. The Morgan fingerprint density at radius 2 is 2.00 bits per heavy atom. The van der Waals surface area contributed by atoms with Gasteiger partial charge in [-0.2, -0.15) is 4.39 Å². The molecule has 1 heterocycles. The van der Waals surface area contributed by atoms with E-state index >= 15 is 0 Å². The lowest BCUT2D eigenvalue weighted by atomic mass is 9.77. The number of benzene rings is 1. The van der Waals surface area contributed by atoms with Crippen molar-refractivity contribution in [2.24, 2.45) is 0 Å². The number of carbonyl (C=O) groups is 1. The second kappa shape index (κ2) is 6.35. The molecule has 3 nitrogen and oxygen atoms in total. The van der Waals surface area contributed by atoms with Gasteiger partial charge >= 0.3 is 5.97 Å². The smallest absolute Gasteiger partial charge is 0.320 e. The van der Waals surface area contributed by atoms with Crippen LogP contribution < -0.4 is 0 Å². The monoisotopic (exact) mass is 347 g/mol. The van der Waals surface area contributed by atoms with E-state index in [1.165, 1.54) is 25.4 Å². The van der Waals surface area contributed by atoms with Crippen LogP contribution >= 0.6 is 0 Å². The maximum Gasteiger partial charge on any atom is 0.320 e. The molecule has 6 heteroatoms. The molecule has 0 fully saturated rings. The number of halogens is 3. The van der Waals surface area contributed by atoms with Crippen LogP contribution in [0.3, 0.4) is 0 Å². The van der Waals surface area contributed by atoms with Crippen molar-refractivity contribution in [3.05, 3.63) is 70.8 Å². The largest absolute Gasteiger partial charge is 0.468 e. The van der Waals surface area contributed by atoms with Crippen LogP contribution in [-0.4, -0.2) is 18.1 Å². The molecule has 1 atom stereocenters. The molecule has 25 heavy (non-hydrogen) atoms. The Morgan fingerprint density at radius 3 is 2.68 bits per heavy atom. The number of esters is 1. The van der Waals surface area contributed by atoms with Gasteiger partial charge in [0, 0.05) is 6.20 Å². The van der Waals surface area contributed by atoms with Gasteiger partial charge in [0.25, 0.3) is 0 Å². The molecule has 0 saturated heterocycles. The maximum atomic E-state index is 14.0. The van der Waals surface area contributed by atoms with Crippen LogP contribution in [0.25, 0.3) is 5.57 Å². The molecule has 1 aliphatic carbocycles. The normalized spacial score (nSPS) is 19.6. The molecule has 0 spiro atoms. The van der Waals surface area contributed by atoms with Crippen molar-refractivity contribution >= 4 is 11.5 Å². The summed E-state index contributed by atoms with van der Waals surface area (Å²) < 4.78 is 45.5. The minimum Gasteiger partial charge on any atom is -0.468 e. The molecule has 1 aromatic carbocycles. The zero-order valence-electron chi connectivity index (χ0n) is 13.8. The van der Waals surface area contributed by atoms with Crippen LogP contribution in [0.5, 0.6) is 0 Å². The summed E-state index contributed by atoms with van der Waals surface area (Å²) in [6.07, 6.45) is 3.64. The Bertz CT molecular complexity index is 879. The molecule has 1 aromatic heterocycles. The van der Waals surface area contributed by atoms with E-state index < -0.39 is 29.0 Å². The van der Waals surface area contributed by atoms with Crippen molar-refractivity contribution < 1.29 is 22.7 Å². The zero-order chi connectivity index (χ0) is 18.2. The van der Waals surface area contributed by atoms with Gasteiger partial charge in [0.1, 0.15) is 11.2 Å². The summed E-state index contributed by atoms with van der Waals surface area (Å²) in [6.45, 7) is 1.60. The van der Waals surface area contributed by atoms with Gasteiger partial charge < -0.3 is 4.74 Å². The van der Waals surface area contributed by atoms with E-state index in [0.29, 0.717) is 35.1 Å². The van der Waals surface area contributed by atoms with Crippen LogP contribution in [0.15, 0.2) is 36.5 Å². The first-order chi connectivity index (χ1) is 11.9. The number of hydrogen-bond donors (Lipinski definition) is 0. The third kappa shape index (κ3) is 2.81. The molecule has 3 rings (SSSR count). The van der Waals surface area contributed by atoms with Gasteiger partial charge in [-0.25, -0.2) is 13.8 Å². The van der Waals surface area contributed by atoms with Gasteiger partial charge in [0.05, 0.1) is 7.11 Å². The summed E-state index contributed by atoms with van der Waals surface area (Å²) in [4.78, 5) is 15.9. The number of aromatic nitrogens is 1. The number of methoxy groups -OCH3 is 1. The summed E-state index contributed by atoms with van der Waals surface area (Å²) in [5.41, 5.74) is 0.721. The summed E-state index contributed by atoms with van der Waals surface area (Å²) in [7, 11) is 1.27. The number of nitrogens with zero attached hydrogens (tertiary/aromatic N) is 1. The summed E-state index contributed by atoms with van der Waals surface area (Å²) >= 11 is 0. The first kappa shape index (κ1) is 17.2. The van der Waals surface area contributed by atoms with Crippen molar-refractivity contribution in [1.82, 2.24) is 4.98 Å².